The predicted octanol–water partition coefficient (Wildman–Crippen LogP) is 4.22. The quantitative estimate of drug-likeness (QED) is 0.621. The Morgan fingerprint density at radius 2 is 1.87 bits per heavy atom. The minimum Gasteiger partial charge on any atom is -0.334 e. The van der Waals surface area contributed by atoms with E-state index in [0.717, 1.165) is 29.4 Å². The van der Waals surface area contributed by atoms with Gasteiger partial charge in [0.2, 0.25) is 0 Å². The molecule has 0 radical (unpaired) electrons. The summed E-state index contributed by atoms with van der Waals surface area (Å²) < 4.78 is 1.85. The lowest BCUT2D eigenvalue weighted by Gasteiger charge is -2.30. The highest BCUT2D eigenvalue weighted by Crippen LogP contribution is 2.18. The molecule has 1 fully saturated rings. The fraction of sp³-hybridized carbons (Fsp3) is 0.391. The van der Waals surface area contributed by atoms with Gasteiger partial charge in [-0.2, -0.15) is 0 Å². The monoisotopic (exact) mass is 425 g/mol. The number of hydrogen-bond donors (Lipinski definition) is 2. The Labute approximate surface area is 182 Å². The van der Waals surface area contributed by atoms with Crippen LogP contribution in [0.15, 0.2) is 48.8 Å². The third kappa shape index (κ3) is 5.52. The number of imidazole rings is 1. The number of fused-ring (bicyclic) bond motifs is 1. The number of amides is 2. The smallest absolute Gasteiger partial charge is 0.315 e. The van der Waals surface area contributed by atoms with E-state index >= 15 is 0 Å². The fourth-order valence-corrected chi connectivity index (χ4v) is 4.00. The zero-order valence-electron chi connectivity index (χ0n) is 17.3. The number of piperidine rings is 1. The van der Waals surface area contributed by atoms with Gasteiger partial charge in [0.05, 0.1) is 17.3 Å². The molecule has 2 amide bonds. The third-order valence-electron chi connectivity index (χ3n) is 5.62. The number of rotatable bonds is 6. The van der Waals surface area contributed by atoms with Gasteiger partial charge in [-0.25, -0.2) is 9.78 Å². The van der Waals surface area contributed by atoms with Crippen LogP contribution in [-0.2, 0) is 19.6 Å². The molecule has 3 aromatic rings. The lowest BCUT2D eigenvalue weighted by atomic mass is 9.98. The fourth-order valence-electron chi connectivity index (χ4n) is 3.83. The molecule has 2 N–H and O–H groups in total. The topological polar surface area (TPSA) is 61.7 Å². The summed E-state index contributed by atoms with van der Waals surface area (Å²) in [5.41, 5.74) is 3.99. The van der Waals surface area contributed by atoms with Gasteiger partial charge in [-0.1, -0.05) is 42.8 Å². The van der Waals surface area contributed by atoms with Crippen LogP contribution in [0.25, 0.3) is 5.65 Å². The van der Waals surface area contributed by atoms with Gasteiger partial charge in [0.15, 0.2) is 0 Å². The van der Waals surface area contributed by atoms with Gasteiger partial charge in [0.25, 0.3) is 0 Å². The summed E-state index contributed by atoms with van der Waals surface area (Å²) in [6, 6.07) is 11.9. The van der Waals surface area contributed by atoms with E-state index in [-0.39, 0.29) is 6.03 Å². The molecule has 4 rings (SSSR count). The molecule has 158 valence electrons. The van der Waals surface area contributed by atoms with E-state index in [9.17, 15) is 4.79 Å². The summed E-state index contributed by atoms with van der Waals surface area (Å²) in [5, 5.41) is 6.44. The van der Waals surface area contributed by atoms with Gasteiger partial charge in [-0.3, -0.25) is 4.90 Å². The maximum Gasteiger partial charge on any atom is 0.315 e. The van der Waals surface area contributed by atoms with Crippen molar-refractivity contribution in [2.75, 3.05) is 13.1 Å². The van der Waals surface area contributed by atoms with Gasteiger partial charge in [0, 0.05) is 25.5 Å². The molecule has 1 aliphatic heterocycles. The first kappa shape index (κ1) is 20.7. The molecule has 0 spiro atoms. The lowest BCUT2D eigenvalue weighted by Crippen LogP contribution is -2.34. The van der Waals surface area contributed by atoms with E-state index < -0.39 is 0 Å². The number of carbonyl (C=O) groups excluding carboxylic acids is 1. The molecule has 0 atom stereocenters. The van der Waals surface area contributed by atoms with Crippen molar-refractivity contribution >= 4 is 23.3 Å². The minimum absolute atomic E-state index is 0.208. The molecule has 0 aliphatic carbocycles. The van der Waals surface area contributed by atoms with Crippen LogP contribution in [0.4, 0.5) is 4.79 Å². The normalized spacial score (nSPS) is 15.4. The van der Waals surface area contributed by atoms with Crippen LogP contribution in [0.2, 0.25) is 5.02 Å². The Bertz CT molecular complexity index is 1010. The van der Waals surface area contributed by atoms with E-state index in [4.69, 9.17) is 11.6 Å². The Morgan fingerprint density at radius 1 is 1.10 bits per heavy atom. The lowest BCUT2D eigenvalue weighted by molar-refractivity contribution is 0.185. The van der Waals surface area contributed by atoms with Crippen molar-refractivity contribution in [3.63, 3.8) is 0 Å². The molecule has 0 unspecified atom stereocenters. The summed E-state index contributed by atoms with van der Waals surface area (Å²) in [7, 11) is 0. The summed E-state index contributed by atoms with van der Waals surface area (Å²) in [5.74, 6) is 0.841. The van der Waals surface area contributed by atoms with Crippen molar-refractivity contribution < 1.29 is 4.79 Å². The third-order valence-corrected chi connectivity index (χ3v) is 5.85. The highest BCUT2D eigenvalue weighted by molar-refractivity contribution is 6.30. The zero-order valence-corrected chi connectivity index (χ0v) is 18.0. The van der Waals surface area contributed by atoms with Crippen LogP contribution < -0.4 is 10.6 Å². The number of carbonyl (C=O) groups is 1. The number of halogens is 1. The molecule has 7 heteroatoms. The number of aromatic nitrogens is 2. The summed E-state index contributed by atoms with van der Waals surface area (Å²) in [6.07, 6.45) is 6.22. The van der Waals surface area contributed by atoms with Crippen molar-refractivity contribution in [3.8, 4) is 0 Å². The molecule has 6 nitrogen and oxygen atoms in total. The standard InChI is InChI=1S/C23H28ClN5O/c1-17-7-9-28(10-8-17)14-19-4-2-3-18(11-19)12-25-23(30)26-13-21-16-29-15-20(24)5-6-22(29)27-21/h2-6,11,15-17H,7-10,12-14H2,1H3,(H2,25,26,30). The summed E-state index contributed by atoms with van der Waals surface area (Å²) >= 11 is 6.00. The Morgan fingerprint density at radius 3 is 2.70 bits per heavy atom. The molecule has 0 bridgehead atoms. The Balaban J connectivity index is 1.25. The van der Waals surface area contributed by atoms with Gasteiger partial charge in [-0.05, 0) is 55.1 Å². The SMILES string of the molecule is CC1CCN(Cc2cccc(CNC(=O)NCc3cn4cc(Cl)ccc4n3)c2)CC1. The zero-order chi connectivity index (χ0) is 20.9. The Hall–Kier alpha value is -2.57. The van der Waals surface area contributed by atoms with Crippen LogP contribution in [0.3, 0.4) is 0 Å². The first-order valence-corrected chi connectivity index (χ1v) is 10.9. The van der Waals surface area contributed by atoms with E-state index in [2.05, 4.69) is 45.6 Å². The van der Waals surface area contributed by atoms with Crippen LogP contribution in [-0.4, -0.2) is 33.4 Å². The minimum atomic E-state index is -0.208. The molecule has 1 aromatic carbocycles. The van der Waals surface area contributed by atoms with Crippen molar-refractivity contribution in [3.05, 3.63) is 70.6 Å². The molecule has 1 saturated heterocycles. The number of likely N-dealkylation sites (tertiary alicyclic amines) is 1. The second kappa shape index (κ2) is 9.49. The van der Waals surface area contributed by atoms with Crippen LogP contribution >= 0.6 is 11.6 Å². The van der Waals surface area contributed by atoms with Crippen molar-refractivity contribution in [2.24, 2.45) is 5.92 Å². The number of urea groups is 1. The maximum atomic E-state index is 12.2. The van der Waals surface area contributed by atoms with Crippen LogP contribution in [0, 0.1) is 5.92 Å². The predicted molar refractivity (Wildman–Crippen MR) is 119 cm³/mol. The molecular formula is C23H28ClN5O. The number of hydrogen-bond acceptors (Lipinski definition) is 3. The largest absolute Gasteiger partial charge is 0.334 e. The number of pyridine rings is 1. The highest BCUT2D eigenvalue weighted by atomic mass is 35.5. The Kier molecular flexibility index (Phi) is 6.55. The molecular weight excluding hydrogens is 398 g/mol. The highest BCUT2D eigenvalue weighted by Gasteiger charge is 2.15. The summed E-state index contributed by atoms with van der Waals surface area (Å²) in [4.78, 5) is 19.2. The number of nitrogens with zero attached hydrogens (tertiary/aromatic N) is 3. The van der Waals surface area contributed by atoms with Crippen molar-refractivity contribution in [1.82, 2.24) is 24.9 Å². The van der Waals surface area contributed by atoms with Gasteiger partial charge in [0.1, 0.15) is 5.65 Å². The van der Waals surface area contributed by atoms with Crippen LogP contribution in [0.5, 0.6) is 0 Å². The van der Waals surface area contributed by atoms with E-state index in [0.29, 0.717) is 18.1 Å². The second-order valence-corrected chi connectivity index (χ2v) is 8.60. The summed E-state index contributed by atoms with van der Waals surface area (Å²) in [6.45, 7) is 6.50. The van der Waals surface area contributed by atoms with Crippen LogP contribution in [0.1, 0.15) is 36.6 Å². The molecule has 0 saturated carbocycles. The van der Waals surface area contributed by atoms with E-state index in [1.165, 1.54) is 31.5 Å². The molecule has 3 heterocycles. The first-order valence-electron chi connectivity index (χ1n) is 10.5. The van der Waals surface area contributed by atoms with E-state index in [1.54, 1.807) is 12.3 Å². The molecule has 30 heavy (non-hydrogen) atoms. The van der Waals surface area contributed by atoms with Gasteiger partial charge in [-0.15, -0.1) is 0 Å². The molecule has 1 aliphatic rings. The van der Waals surface area contributed by atoms with Gasteiger partial charge < -0.3 is 15.0 Å². The molecule has 2 aromatic heterocycles. The second-order valence-electron chi connectivity index (χ2n) is 8.16. The van der Waals surface area contributed by atoms with E-state index in [1.807, 2.05) is 22.7 Å². The number of benzene rings is 1. The average Bonchev–Trinajstić information content (AvgIpc) is 3.15. The maximum absolute atomic E-state index is 12.2. The van der Waals surface area contributed by atoms with Crippen molar-refractivity contribution in [1.29, 1.82) is 0 Å². The average molecular weight is 426 g/mol. The van der Waals surface area contributed by atoms with Gasteiger partial charge >= 0.3 is 6.03 Å². The number of nitrogens with one attached hydrogen (secondary N) is 2. The first-order chi connectivity index (χ1) is 14.5. The van der Waals surface area contributed by atoms with Crippen molar-refractivity contribution in [2.45, 2.75) is 39.4 Å².